The molecule has 0 spiro atoms. The number of aliphatic carboxylic acids is 1. The number of aryl methyl sites for hydroxylation is 2. The van der Waals surface area contributed by atoms with Gasteiger partial charge in [0.1, 0.15) is 12.3 Å². The Morgan fingerprint density at radius 1 is 1.32 bits per heavy atom. The number of nitrogens with zero attached hydrogens (tertiary/aromatic N) is 1. The molecule has 0 fully saturated rings. The Labute approximate surface area is 128 Å². The van der Waals surface area contributed by atoms with Crippen LogP contribution < -0.4 is 5.32 Å². The Morgan fingerprint density at radius 2 is 2.05 bits per heavy atom. The average molecular weight is 302 g/mol. The van der Waals surface area contributed by atoms with Crippen LogP contribution >= 0.6 is 0 Å². The molecule has 1 heterocycles. The van der Waals surface area contributed by atoms with E-state index in [1.165, 1.54) is 12.7 Å². The molecule has 22 heavy (non-hydrogen) atoms. The highest BCUT2D eigenvalue weighted by Gasteiger charge is 2.21. The third kappa shape index (κ3) is 4.73. The van der Waals surface area contributed by atoms with Gasteiger partial charge in [0, 0.05) is 12.8 Å². The van der Waals surface area contributed by atoms with Gasteiger partial charge in [-0.2, -0.15) is 0 Å². The van der Waals surface area contributed by atoms with Gasteiger partial charge in [-0.15, -0.1) is 0 Å². The van der Waals surface area contributed by atoms with Gasteiger partial charge in [-0.05, 0) is 18.9 Å². The molecule has 1 amide bonds. The lowest BCUT2D eigenvalue weighted by atomic mass is 10.1. The molecule has 0 aliphatic carbocycles. The zero-order valence-electron chi connectivity index (χ0n) is 12.3. The SMILES string of the molecule is Cc1ccc(CCC(=O)NC(Cc2cocn2)C(=O)O)cc1. The molecule has 116 valence electrons. The minimum Gasteiger partial charge on any atom is -0.480 e. The fourth-order valence-electron chi connectivity index (χ4n) is 2.03. The van der Waals surface area contributed by atoms with Crippen LogP contribution in [0.1, 0.15) is 23.2 Å². The van der Waals surface area contributed by atoms with Crippen LogP contribution in [0.4, 0.5) is 0 Å². The lowest BCUT2D eigenvalue weighted by molar-refractivity contribution is -0.141. The fraction of sp³-hybridized carbons (Fsp3) is 0.312. The predicted octanol–water partition coefficient (Wildman–Crippen LogP) is 1.73. The topological polar surface area (TPSA) is 92.4 Å². The van der Waals surface area contributed by atoms with Gasteiger partial charge in [0.25, 0.3) is 0 Å². The second kappa shape index (κ2) is 7.40. The quantitative estimate of drug-likeness (QED) is 0.812. The Balaban J connectivity index is 1.85. The first-order valence-electron chi connectivity index (χ1n) is 6.99. The number of nitrogens with one attached hydrogen (secondary N) is 1. The van der Waals surface area contributed by atoms with Crippen molar-refractivity contribution in [2.24, 2.45) is 0 Å². The summed E-state index contributed by atoms with van der Waals surface area (Å²) in [4.78, 5) is 27.0. The Hall–Kier alpha value is -2.63. The number of carboxylic acid groups (broad SMARTS) is 1. The van der Waals surface area contributed by atoms with Gasteiger partial charge in [-0.25, -0.2) is 9.78 Å². The van der Waals surface area contributed by atoms with Crippen molar-refractivity contribution in [2.75, 3.05) is 0 Å². The van der Waals surface area contributed by atoms with Crippen molar-refractivity contribution in [3.05, 3.63) is 53.7 Å². The van der Waals surface area contributed by atoms with Crippen molar-refractivity contribution < 1.29 is 19.1 Å². The summed E-state index contributed by atoms with van der Waals surface area (Å²) in [5, 5.41) is 11.7. The zero-order valence-corrected chi connectivity index (χ0v) is 12.3. The maximum Gasteiger partial charge on any atom is 0.326 e. The summed E-state index contributed by atoms with van der Waals surface area (Å²) in [6.45, 7) is 2.00. The van der Waals surface area contributed by atoms with Gasteiger partial charge in [0.05, 0.1) is 5.69 Å². The molecule has 6 heteroatoms. The van der Waals surface area contributed by atoms with E-state index in [0.717, 1.165) is 11.1 Å². The molecular weight excluding hydrogens is 284 g/mol. The standard InChI is InChI=1S/C16H18N2O4/c1-11-2-4-12(5-3-11)6-7-15(19)18-14(16(20)21)8-13-9-22-10-17-13/h2-5,9-10,14H,6-8H2,1H3,(H,18,19)(H,20,21). The number of carboxylic acids is 1. The molecule has 1 unspecified atom stereocenters. The highest BCUT2D eigenvalue weighted by molar-refractivity contribution is 5.83. The van der Waals surface area contributed by atoms with E-state index < -0.39 is 12.0 Å². The minimum absolute atomic E-state index is 0.0993. The Kier molecular flexibility index (Phi) is 5.30. The molecule has 1 aromatic carbocycles. The normalized spacial score (nSPS) is 11.9. The summed E-state index contributed by atoms with van der Waals surface area (Å²) < 4.78 is 4.80. The molecule has 0 aliphatic rings. The minimum atomic E-state index is -1.09. The van der Waals surface area contributed by atoms with Gasteiger partial charge in [-0.3, -0.25) is 4.79 Å². The Morgan fingerprint density at radius 3 is 2.64 bits per heavy atom. The second-order valence-corrected chi connectivity index (χ2v) is 5.13. The van der Waals surface area contributed by atoms with Crippen LogP contribution in [0.15, 0.2) is 41.3 Å². The third-order valence-electron chi connectivity index (χ3n) is 3.29. The van der Waals surface area contributed by atoms with E-state index in [1.807, 2.05) is 31.2 Å². The number of hydrogen-bond donors (Lipinski definition) is 2. The molecule has 1 aromatic heterocycles. The molecule has 0 saturated heterocycles. The largest absolute Gasteiger partial charge is 0.480 e. The van der Waals surface area contributed by atoms with E-state index in [2.05, 4.69) is 10.3 Å². The highest BCUT2D eigenvalue weighted by Crippen LogP contribution is 2.06. The highest BCUT2D eigenvalue weighted by atomic mass is 16.4. The van der Waals surface area contributed by atoms with Crippen molar-refractivity contribution >= 4 is 11.9 Å². The summed E-state index contributed by atoms with van der Waals surface area (Å²) in [6.07, 6.45) is 3.51. The summed E-state index contributed by atoms with van der Waals surface area (Å²) in [5.74, 6) is -1.39. The van der Waals surface area contributed by atoms with Gasteiger partial charge in [0.2, 0.25) is 5.91 Å². The van der Waals surface area contributed by atoms with Crippen LogP contribution in [0.3, 0.4) is 0 Å². The van der Waals surface area contributed by atoms with E-state index in [9.17, 15) is 9.59 Å². The fourth-order valence-corrected chi connectivity index (χ4v) is 2.03. The van der Waals surface area contributed by atoms with Crippen LogP contribution in [-0.2, 0) is 22.4 Å². The number of aromatic nitrogens is 1. The number of rotatable bonds is 7. The third-order valence-corrected chi connectivity index (χ3v) is 3.29. The second-order valence-electron chi connectivity index (χ2n) is 5.13. The van der Waals surface area contributed by atoms with E-state index >= 15 is 0 Å². The van der Waals surface area contributed by atoms with E-state index in [1.54, 1.807) is 0 Å². The number of carbonyl (C=O) groups is 2. The molecule has 0 radical (unpaired) electrons. The van der Waals surface area contributed by atoms with Crippen molar-refractivity contribution in [1.82, 2.24) is 10.3 Å². The Bertz CT molecular complexity index is 620. The van der Waals surface area contributed by atoms with Gasteiger partial charge < -0.3 is 14.8 Å². The summed E-state index contributed by atoms with van der Waals surface area (Å²) in [5.41, 5.74) is 2.70. The predicted molar refractivity (Wildman–Crippen MR) is 79.3 cm³/mol. The molecule has 0 saturated carbocycles. The van der Waals surface area contributed by atoms with Crippen LogP contribution in [0, 0.1) is 6.92 Å². The number of benzene rings is 1. The molecule has 0 aliphatic heterocycles. The average Bonchev–Trinajstić information content (AvgIpc) is 2.99. The number of oxazole rings is 1. The monoisotopic (exact) mass is 302 g/mol. The van der Waals surface area contributed by atoms with Gasteiger partial charge in [0.15, 0.2) is 6.39 Å². The molecule has 6 nitrogen and oxygen atoms in total. The number of carbonyl (C=O) groups excluding carboxylic acids is 1. The number of hydrogen-bond acceptors (Lipinski definition) is 4. The van der Waals surface area contributed by atoms with E-state index in [-0.39, 0.29) is 18.7 Å². The van der Waals surface area contributed by atoms with Crippen molar-refractivity contribution in [1.29, 1.82) is 0 Å². The van der Waals surface area contributed by atoms with Crippen LogP contribution in [0.2, 0.25) is 0 Å². The first-order valence-corrected chi connectivity index (χ1v) is 6.99. The van der Waals surface area contributed by atoms with E-state index in [0.29, 0.717) is 12.1 Å². The maximum atomic E-state index is 11.9. The van der Waals surface area contributed by atoms with Crippen LogP contribution in [0.25, 0.3) is 0 Å². The first kappa shape index (κ1) is 15.8. The van der Waals surface area contributed by atoms with Crippen molar-refractivity contribution in [2.45, 2.75) is 32.2 Å². The molecule has 2 aromatic rings. The summed E-state index contributed by atoms with van der Waals surface area (Å²) in [6, 6.07) is 6.89. The van der Waals surface area contributed by atoms with Gasteiger partial charge in [-0.1, -0.05) is 29.8 Å². The van der Waals surface area contributed by atoms with Crippen molar-refractivity contribution in [3.8, 4) is 0 Å². The molecular formula is C16H18N2O4. The van der Waals surface area contributed by atoms with Crippen LogP contribution in [0.5, 0.6) is 0 Å². The van der Waals surface area contributed by atoms with Gasteiger partial charge >= 0.3 is 5.97 Å². The molecule has 1 atom stereocenters. The van der Waals surface area contributed by atoms with Crippen molar-refractivity contribution in [3.63, 3.8) is 0 Å². The molecule has 2 N–H and O–H groups in total. The molecule has 0 bridgehead atoms. The zero-order chi connectivity index (χ0) is 15.9. The lowest BCUT2D eigenvalue weighted by Gasteiger charge is -2.13. The first-order chi connectivity index (χ1) is 10.5. The molecule has 2 rings (SSSR count). The number of amides is 1. The summed E-state index contributed by atoms with van der Waals surface area (Å²) in [7, 11) is 0. The lowest BCUT2D eigenvalue weighted by Crippen LogP contribution is -2.42. The smallest absolute Gasteiger partial charge is 0.326 e. The summed E-state index contributed by atoms with van der Waals surface area (Å²) >= 11 is 0. The maximum absolute atomic E-state index is 11.9. The van der Waals surface area contributed by atoms with Crippen LogP contribution in [-0.4, -0.2) is 28.0 Å². The van der Waals surface area contributed by atoms with E-state index in [4.69, 9.17) is 9.52 Å².